The first-order valence-electron chi connectivity index (χ1n) is 7.54. The molecule has 1 atom stereocenters. The lowest BCUT2D eigenvalue weighted by Gasteiger charge is -2.58. The summed E-state index contributed by atoms with van der Waals surface area (Å²) in [6, 6.07) is 3.62. The lowest BCUT2D eigenvalue weighted by atomic mass is 9.65. The maximum absolute atomic E-state index is 12.6. The highest BCUT2D eigenvalue weighted by atomic mass is 16.2. The van der Waals surface area contributed by atoms with Gasteiger partial charge in [-0.05, 0) is 30.9 Å². The molecule has 1 amide bonds. The third-order valence-electron chi connectivity index (χ3n) is 4.99. The molecule has 2 aliphatic rings. The van der Waals surface area contributed by atoms with E-state index in [9.17, 15) is 9.59 Å². The molecule has 3 rings (SSSR count). The molecule has 108 valence electrons. The number of aromatic amines is 1. The maximum atomic E-state index is 12.6. The van der Waals surface area contributed by atoms with Crippen molar-refractivity contribution < 1.29 is 4.79 Å². The zero-order valence-corrected chi connectivity index (χ0v) is 12.2. The lowest BCUT2D eigenvalue weighted by Crippen LogP contribution is -2.67. The highest BCUT2D eigenvalue weighted by molar-refractivity contribution is 5.94. The average molecular weight is 274 g/mol. The van der Waals surface area contributed by atoms with Crippen LogP contribution in [0.1, 0.15) is 49.9 Å². The van der Waals surface area contributed by atoms with Crippen molar-refractivity contribution >= 4 is 5.91 Å². The van der Waals surface area contributed by atoms with Crippen molar-refractivity contribution in [1.82, 2.24) is 9.88 Å². The van der Waals surface area contributed by atoms with Crippen molar-refractivity contribution in [3.63, 3.8) is 0 Å². The Morgan fingerprint density at radius 1 is 1.40 bits per heavy atom. The minimum atomic E-state index is -0.285. The number of amides is 1. The predicted molar refractivity (Wildman–Crippen MR) is 77.6 cm³/mol. The van der Waals surface area contributed by atoms with Gasteiger partial charge in [0.2, 0.25) is 0 Å². The van der Waals surface area contributed by atoms with E-state index in [0.717, 1.165) is 6.54 Å². The number of nitrogens with one attached hydrogen (secondary N) is 1. The minimum Gasteiger partial charge on any atom is -0.334 e. The molecular weight excluding hydrogens is 252 g/mol. The van der Waals surface area contributed by atoms with Crippen molar-refractivity contribution in [2.24, 2.45) is 11.3 Å². The Morgan fingerprint density at radius 3 is 2.70 bits per heavy atom. The summed E-state index contributed by atoms with van der Waals surface area (Å²) < 4.78 is 0. The second-order valence-electron chi connectivity index (χ2n) is 6.60. The van der Waals surface area contributed by atoms with Crippen LogP contribution in [-0.4, -0.2) is 28.4 Å². The van der Waals surface area contributed by atoms with Crippen LogP contribution < -0.4 is 5.56 Å². The Hall–Kier alpha value is -1.58. The molecule has 0 aromatic carbocycles. The van der Waals surface area contributed by atoms with E-state index in [2.05, 4.69) is 18.8 Å². The highest BCUT2D eigenvalue weighted by Gasteiger charge is 2.56. The Labute approximate surface area is 119 Å². The van der Waals surface area contributed by atoms with E-state index in [1.54, 1.807) is 18.3 Å². The molecule has 1 saturated heterocycles. The van der Waals surface area contributed by atoms with Gasteiger partial charge in [0.05, 0.1) is 0 Å². The van der Waals surface area contributed by atoms with Crippen molar-refractivity contribution in [1.29, 1.82) is 0 Å². The van der Waals surface area contributed by atoms with Gasteiger partial charge in [-0.3, -0.25) is 9.59 Å². The van der Waals surface area contributed by atoms with E-state index in [-0.39, 0.29) is 23.1 Å². The molecule has 1 aliphatic carbocycles. The zero-order valence-electron chi connectivity index (χ0n) is 12.2. The predicted octanol–water partition coefficient (Wildman–Crippen LogP) is 2.42. The number of nitrogens with zero attached hydrogens (tertiary/aromatic N) is 1. The molecule has 0 radical (unpaired) electrons. The molecule has 1 aromatic rings. The number of H-pyrrole nitrogens is 1. The number of aromatic nitrogens is 1. The van der Waals surface area contributed by atoms with Gasteiger partial charge < -0.3 is 9.88 Å². The fourth-order valence-electron chi connectivity index (χ4n) is 4.29. The van der Waals surface area contributed by atoms with Gasteiger partial charge in [-0.25, -0.2) is 0 Å². The van der Waals surface area contributed by atoms with Crippen molar-refractivity contribution in [2.75, 3.05) is 6.54 Å². The van der Waals surface area contributed by atoms with E-state index < -0.39 is 0 Å². The van der Waals surface area contributed by atoms with Crippen LogP contribution in [0.2, 0.25) is 0 Å². The van der Waals surface area contributed by atoms with Crippen LogP contribution in [0.4, 0.5) is 0 Å². The van der Waals surface area contributed by atoms with Crippen LogP contribution in [0, 0.1) is 11.3 Å². The molecule has 1 aliphatic heterocycles. The lowest BCUT2D eigenvalue weighted by molar-refractivity contribution is -0.0702. The maximum Gasteiger partial charge on any atom is 0.260 e. The zero-order chi connectivity index (χ0) is 14.3. The quantitative estimate of drug-likeness (QED) is 0.900. The molecule has 1 unspecified atom stereocenters. The van der Waals surface area contributed by atoms with Crippen LogP contribution in [-0.2, 0) is 0 Å². The van der Waals surface area contributed by atoms with Gasteiger partial charge in [0, 0.05) is 24.2 Å². The molecular formula is C16H22N2O2. The van der Waals surface area contributed by atoms with E-state index in [1.807, 2.05) is 4.90 Å². The van der Waals surface area contributed by atoms with Crippen LogP contribution in [0.15, 0.2) is 23.1 Å². The molecule has 4 heteroatoms. The minimum absolute atomic E-state index is 0.108. The molecule has 0 bridgehead atoms. The number of likely N-dealkylation sites (tertiary alicyclic amines) is 1. The van der Waals surface area contributed by atoms with Crippen molar-refractivity contribution in [3.05, 3.63) is 34.2 Å². The SMILES string of the molecule is CC(C)C1N(C(=O)c2ccc[nH]c2=O)CC12CCCC2. The summed E-state index contributed by atoms with van der Waals surface area (Å²) >= 11 is 0. The summed E-state index contributed by atoms with van der Waals surface area (Å²) in [5.41, 5.74) is 0.309. The molecule has 1 aromatic heterocycles. The number of hydrogen-bond acceptors (Lipinski definition) is 2. The van der Waals surface area contributed by atoms with Gasteiger partial charge in [-0.1, -0.05) is 26.7 Å². The summed E-state index contributed by atoms with van der Waals surface area (Å²) in [4.78, 5) is 28.9. The van der Waals surface area contributed by atoms with E-state index >= 15 is 0 Å². The molecule has 2 fully saturated rings. The van der Waals surface area contributed by atoms with Crippen LogP contribution >= 0.6 is 0 Å². The first-order valence-corrected chi connectivity index (χ1v) is 7.54. The third-order valence-corrected chi connectivity index (χ3v) is 4.99. The normalized spacial score (nSPS) is 24.1. The molecule has 1 spiro atoms. The molecule has 4 nitrogen and oxygen atoms in total. The fourth-order valence-corrected chi connectivity index (χ4v) is 4.29. The Morgan fingerprint density at radius 2 is 2.10 bits per heavy atom. The molecule has 2 heterocycles. The van der Waals surface area contributed by atoms with E-state index in [4.69, 9.17) is 0 Å². The molecule has 20 heavy (non-hydrogen) atoms. The van der Waals surface area contributed by atoms with Crippen molar-refractivity contribution in [2.45, 2.75) is 45.6 Å². The number of carbonyl (C=O) groups excluding carboxylic acids is 1. The number of rotatable bonds is 2. The largest absolute Gasteiger partial charge is 0.334 e. The summed E-state index contributed by atoms with van der Waals surface area (Å²) in [5.74, 6) is 0.330. The van der Waals surface area contributed by atoms with Gasteiger partial charge in [0.25, 0.3) is 11.5 Å². The Balaban J connectivity index is 1.86. The fraction of sp³-hybridized carbons (Fsp3) is 0.625. The standard InChI is InChI=1S/C16H22N2O2/c1-11(2)13-16(7-3-4-8-16)10-18(13)15(20)12-6-5-9-17-14(12)19/h5-6,9,11,13H,3-4,7-8,10H2,1-2H3,(H,17,19). The van der Waals surface area contributed by atoms with Gasteiger partial charge in [-0.2, -0.15) is 0 Å². The van der Waals surface area contributed by atoms with Gasteiger partial charge in [0.1, 0.15) is 5.56 Å². The second-order valence-corrected chi connectivity index (χ2v) is 6.60. The topological polar surface area (TPSA) is 53.2 Å². The summed E-state index contributed by atoms with van der Waals surface area (Å²) in [5, 5.41) is 0. The number of pyridine rings is 1. The third kappa shape index (κ3) is 1.89. The van der Waals surface area contributed by atoms with Gasteiger partial charge >= 0.3 is 0 Å². The Bertz CT molecular complexity index is 570. The van der Waals surface area contributed by atoms with Crippen LogP contribution in [0.3, 0.4) is 0 Å². The van der Waals surface area contributed by atoms with E-state index in [0.29, 0.717) is 11.3 Å². The van der Waals surface area contributed by atoms with E-state index in [1.165, 1.54) is 25.7 Å². The summed E-state index contributed by atoms with van der Waals surface area (Å²) in [6.07, 6.45) is 6.57. The van der Waals surface area contributed by atoms with Gasteiger partial charge in [0.15, 0.2) is 0 Å². The average Bonchev–Trinajstić information content (AvgIpc) is 2.86. The second kappa shape index (κ2) is 4.76. The van der Waals surface area contributed by atoms with Crippen molar-refractivity contribution in [3.8, 4) is 0 Å². The monoisotopic (exact) mass is 274 g/mol. The Kier molecular flexibility index (Phi) is 3.19. The van der Waals surface area contributed by atoms with Gasteiger partial charge in [-0.15, -0.1) is 0 Å². The first-order chi connectivity index (χ1) is 9.55. The summed E-state index contributed by atoms with van der Waals surface area (Å²) in [6.45, 7) is 5.18. The summed E-state index contributed by atoms with van der Waals surface area (Å²) in [7, 11) is 0. The first kappa shape index (κ1) is 13.4. The number of carbonyl (C=O) groups is 1. The smallest absolute Gasteiger partial charge is 0.260 e. The number of hydrogen-bond donors (Lipinski definition) is 1. The van der Waals surface area contributed by atoms with Crippen LogP contribution in [0.25, 0.3) is 0 Å². The van der Waals surface area contributed by atoms with Crippen LogP contribution in [0.5, 0.6) is 0 Å². The molecule has 1 saturated carbocycles. The highest BCUT2D eigenvalue weighted by Crippen LogP contribution is 2.53. The molecule has 1 N–H and O–H groups in total.